The molecule has 20 heavy (non-hydrogen) atoms. The number of hydrogen-bond acceptors (Lipinski definition) is 5. The third-order valence-electron chi connectivity index (χ3n) is 3.81. The summed E-state index contributed by atoms with van der Waals surface area (Å²) in [4.78, 5) is 10.3. The molecule has 1 aromatic rings. The van der Waals surface area contributed by atoms with Gasteiger partial charge in [0, 0.05) is 30.3 Å². The summed E-state index contributed by atoms with van der Waals surface area (Å²) in [5.41, 5.74) is 0.723. The summed E-state index contributed by atoms with van der Waals surface area (Å²) in [7, 11) is 1.41. The van der Waals surface area contributed by atoms with Crippen molar-refractivity contribution in [1.29, 1.82) is 0 Å². The molecule has 0 spiro atoms. The van der Waals surface area contributed by atoms with Crippen LogP contribution in [0.2, 0.25) is 0 Å². The zero-order chi connectivity index (χ0) is 14.5. The molecular weight excluding hydrogens is 260 g/mol. The first-order chi connectivity index (χ1) is 9.61. The van der Waals surface area contributed by atoms with E-state index in [1.807, 2.05) is 0 Å². The van der Waals surface area contributed by atoms with E-state index in [2.05, 4.69) is 5.32 Å². The van der Waals surface area contributed by atoms with Gasteiger partial charge in [-0.3, -0.25) is 10.1 Å². The Morgan fingerprint density at radius 2 is 2.20 bits per heavy atom. The number of nitrogens with zero attached hydrogens (tertiary/aromatic N) is 1. The van der Waals surface area contributed by atoms with Gasteiger partial charge in [0.05, 0.1) is 18.1 Å². The van der Waals surface area contributed by atoms with Crippen molar-refractivity contribution in [2.24, 2.45) is 5.92 Å². The van der Waals surface area contributed by atoms with Crippen LogP contribution in [-0.4, -0.2) is 29.8 Å². The Balaban J connectivity index is 2.01. The summed E-state index contributed by atoms with van der Waals surface area (Å²) in [6.45, 7) is 0.669. The highest BCUT2D eigenvalue weighted by molar-refractivity contribution is 5.57. The Hall–Kier alpha value is -1.82. The number of benzene rings is 1. The summed E-state index contributed by atoms with van der Waals surface area (Å²) in [6.07, 6.45) is 3.85. The Kier molecular flexibility index (Phi) is 4.79. The summed E-state index contributed by atoms with van der Waals surface area (Å²) in [6, 6.07) is 4.71. The first-order valence-electron chi connectivity index (χ1n) is 6.86. The zero-order valence-electron chi connectivity index (χ0n) is 11.5. The molecular formula is C14H20N2O4. The number of aliphatic hydroxyl groups is 1. The highest BCUT2D eigenvalue weighted by Gasteiger charge is 2.23. The second kappa shape index (κ2) is 6.56. The van der Waals surface area contributed by atoms with Gasteiger partial charge in [0.25, 0.3) is 0 Å². The minimum absolute atomic E-state index is 0.0456. The molecule has 0 radical (unpaired) electrons. The summed E-state index contributed by atoms with van der Waals surface area (Å²) < 4.78 is 5.03. The van der Waals surface area contributed by atoms with Gasteiger partial charge in [-0.15, -0.1) is 0 Å². The fourth-order valence-corrected chi connectivity index (χ4v) is 2.61. The van der Waals surface area contributed by atoms with Crippen molar-refractivity contribution in [3.8, 4) is 5.75 Å². The standard InChI is InChI=1S/C14H20N2O4/c1-20-14-8-11(6-7-12(14)16(18)19)15-9-10-4-2-3-5-13(10)17/h6-8,10,13,15,17H,2-5,9H2,1H3. The molecule has 1 fully saturated rings. The fraction of sp³-hybridized carbons (Fsp3) is 0.571. The van der Waals surface area contributed by atoms with Crippen LogP contribution in [0.25, 0.3) is 0 Å². The van der Waals surface area contributed by atoms with Crippen molar-refractivity contribution in [1.82, 2.24) is 0 Å². The van der Waals surface area contributed by atoms with Crippen molar-refractivity contribution in [3.63, 3.8) is 0 Å². The monoisotopic (exact) mass is 280 g/mol. The third-order valence-corrected chi connectivity index (χ3v) is 3.81. The molecule has 2 rings (SSSR count). The molecule has 1 aliphatic carbocycles. The van der Waals surface area contributed by atoms with Gasteiger partial charge in [-0.1, -0.05) is 12.8 Å². The third kappa shape index (κ3) is 3.39. The lowest BCUT2D eigenvalue weighted by Gasteiger charge is -2.28. The van der Waals surface area contributed by atoms with E-state index in [9.17, 15) is 15.2 Å². The van der Waals surface area contributed by atoms with Crippen LogP contribution in [0.15, 0.2) is 18.2 Å². The Labute approximate surface area is 117 Å². The maximum absolute atomic E-state index is 10.8. The lowest BCUT2D eigenvalue weighted by atomic mass is 9.86. The van der Waals surface area contributed by atoms with Gasteiger partial charge in [-0.2, -0.15) is 0 Å². The number of nitro groups is 1. The number of nitrogens with one attached hydrogen (secondary N) is 1. The average molecular weight is 280 g/mol. The van der Waals surface area contributed by atoms with Gasteiger partial charge < -0.3 is 15.2 Å². The molecule has 0 aliphatic heterocycles. The van der Waals surface area contributed by atoms with E-state index in [4.69, 9.17) is 4.74 Å². The second-order valence-electron chi connectivity index (χ2n) is 5.14. The first-order valence-corrected chi connectivity index (χ1v) is 6.86. The molecule has 0 amide bonds. The van der Waals surface area contributed by atoms with E-state index in [0.29, 0.717) is 6.54 Å². The van der Waals surface area contributed by atoms with Crippen molar-refractivity contribution in [2.75, 3.05) is 19.0 Å². The lowest BCUT2D eigenvalue weighted by molar-refractivity contribution is -0.385. The van der Waals surface area contributed by atoms with Crippen molar-refractivity contribution in [3.05, 3.63) is 28.3 Å². The quantitative estimate of drug-likeness (QED) is 0.639. The molecule has 2 atom stereocenters. The van der Waals surface area contributed by atoms with Gasteiger partial charge in [-0.25, -0.2) is 0 Å². The maximum Gasteiger partial charge on any atom is 0.311 e. The highest BCUT2D eigenvalue weighted by Crippen LogP contribution is 2.30. The molecule has 0 saturated heterocycles. The largest absolute Gasteiger partial charge is 0.490 e. The van der Waals surface area contributed by atoms with E-state index in [0.717, 1.165) is 31.4 Å². The van der Waals surface area contributed by atoms with Gasteiger partial charge >= 0.3 is 5.69 Å². The number of nitro benzene ring substituents is 1. The number of anilines is 1. The van der Waals surface area contributed by atoms with Crippen molar-refractivity contribution >= 4 is 11.4 Å². The van der Waals surface area contributed by atoms with Crippen LogP contribution in [0.3, 0.4) is 0 Å². The van der Waals surface area contributed by atoms with Gasteiger partial charge in [0.1, 0.15) is 0 Å². The van der Waals surface area contributed by atoms with E-state index in [1.165, 1.54) is 13.2 Å². The fourth-order valence-electron chi connectivity index (χ4n) is 2.61. The number of aliphatic hydroxyl groups excluding tert-OH is 1. The molecule has 0 heterocycles. The predicted octanol–water partition coefficient (Wildman–Crippen LogP) is 2.57. The minimum atomic E-state index is -0.465. The average Bonchev–Trinajstić information content (AvgIpc) is 2.46. The van der Waals surface area contributed by atoms with Crippen LogP contribution in [0.5, 0.6) is 5.75 Å². The number of ether oxygens (including phenoxy) is 1. The van der Waals surface area contributed by atoms with E-state index in [1.54, 1.807) is 12.1 Å². The molecule has 1 aromatic carbocycles. The van der Waals surface area contributed by atoms with Crippen LogP contribution in [-0.2, 0) is 0 Å². The van der Waals surface area contributed by atoms with Gasteiger partial charge in [-0.05, 0) is 18.9 Å². The Morgan fingerprint density at radius 3 is 2.85 bits per heavy atom. The molecule has 1 saturated carbocycles. The van der Waals surface area contributed by atoms with Crippen molar-refractivity contribution in [2.45, 2.75) is 31.8 Å². The summed E-state index contributed by atoms with van der Waals surface area (Å²) in [5.74, 6) is 0.481. The molecule has 1 aliphatic rings. The Bertz CT molecular complexity index is 478. The molecule has 0 bridgehead atoms. The van der Waals surface area contributed by atoms with E-state index >= 15 is 0 Å². The maximum atomic E-state index is 10.8. The number of hydrogen-bond donors (Lipinski definition) is 2. The number of rotatable bonds is 5. The van der Waals surface area contributed by atoms with Gasteiger partial charge in [0.2, 0.25) is 0 Å². The molecule has 6 heteroatoms. The summed E-state index contributed by atoms with van der Waals surface area (Å²) in [5, 5.41) is 23.9. The van der Waals surface area contributed by atoms with Crippen LogP contribution in [0, 0.1) is 16.0 Å². The first kappa shape index (κ1) is 14.6. The second-order valence-corrected chi connectivity index (χ2v) is 5.14. The highest BCUT2D eigenvalue weighted by atomic mass is 16.6. The van der Waals surface area contributed by atoms with E-state index < -0.39 is 4.92 Å². The van der Waals surface area contributed by atoms with Crippen molar-refractivity contribution < 1.29 is 14.8 Å². The SMILES string of the molecule is COc1cc(NCC2CCCCC2O)ccc1[N+](=O)[O-]. The van der Waals surface area contributed by atoms with Gasteiger partial charge in [0.15, 0.2) is 5.75 Å². The summed E-state index contributed by atoms with van der Waals surface area (Å²) >= 11 is 0. The number of methoxy groups -OCH3 is 1. The van der Waals surface area contributed by atoms with Crippen LogP contribution >= 0.6 is 0 Å². The molecule has 2 N–H and O–H groups in total. The van der Waals surface area contributed by atoms with Crippen LogP contribution < -0.4 is 10.1 Å². The molecule has 0 aromatic heterocycles. The zero-order valence-corrected chi connectivity index (χ0v) is 11.5. The molecule has 2 unspecified atom stereocenters. The van der Waals surface area contributed by atoms with E-state index in [-0.39, 0.29) is 23.5 Å². The van der Waals surface area contributed by atoms with Crippen LogP contribution in [0.1, 0.15) is 25.7 Å². The van der Waals surface area contributed by atoms with Crippen LogP contribution in [0.4, 0.5) is 11.4 Å². The molecule has 110 valence electrons. The smallest absolute Gasteiger partial charge is 0.311 e. The predicted molar refractivity (Wildman–Crippen MR) is 76.1 cm³/mol. The Morgan fingerprint density at radius 1 is 1.45 bits per heavy atom. The topological polar surface area (TPSA) is 84.6 Å². The minimum Gasteiger partial charge on any atom is -0.490 e. The lowest BCUT2D eigenvalue weighted by Crippen LogP contribution is -2.30. The normalized spacial score (nSPS) is 22.3. The molecule has 6 nitrogen and oxygen atoms in total.